The third-order valence-corrected chi connectivity index (χ3v) is 3.10. The minimum Gasteiger partial charge on any atom is -0.469 e. The van der Waals surface area contributed by atoms with Crippen LogP contribution in [-0.2, 0) is 0 Å². The molecule has 1 saturated carbocycles. The normalized spacial score (nSPS) is 17.6. The molecule has 1 aromatic carbocycles. The van der Waals surface area contributed by atoms with Gasteiger partial charge in [-0.05, 0) is 36.5 Å². The van der Waals surface area contributed by atoms with Crippen LogP contribution < -0.4 is 0 Å². The van der Waals surface area contributed by atoms with Gasteiger partial charge in [-0.15, -0.1) is 0 Å². The van der Waals surface area contributed by atoms with Crippen LogP contribution in [0.25, 0.3) is 0 Å². The first kappa shape index (κ1) is 8.78. The van der Waals surface area contributed by atoms with Gasteiger partial charge >= 0.3 is 0 Å². The summed E-state index contributed by atoms with van der Waals surface area (Å²) < 4.78 is 5.55. The Labute approximate surface area is 89.7 Å². The number of benzene rings is 1. The van der Waals surface area contributed by atoms with Crippen molar-refractivity contribution in [2.45, 2.75) is 18.8 Å². The van der Waals surface area contributed by atoms with E-state index in [1.807, 2.05) is 6.07 Å². The van der Waals surface area contributed by atoms with Gasteiger partial charge in [0.25, 0.3) is 0 Å². The van der Waals surface area contributed by atoms with Gasteiger partial charge in [0, 0.05) is 5.92 Å². The highest BCUT2D eigenvalue weighted by Gasteiger charge is 2.34. The second-order valence-corrected chi connectivity index (χ2v) is 4.24. The lowest BCUT2D eigenvalue weighted by molar-refractivity contribution is 0.466. The fourth-order valence-corrected chi connectivity index (χ4v) is 2.23. The van der Waals surface area contributed by atoms with Gasteiger partial charge in [-0.2, -0.15) is 0 Å². The van der Waals surface area contributed by atoms with Crippen LogP contribution in [0.15, 0.2) is 53.1 Å². The molecule has 0 bridgehead atoms. The van der Waals surface area contributed by atoms with E-state index in [0.29, 0.717) is 5.92 Å². The van der Waals surface area contributed by atoms with Crippen LogP contribution in [0.2, 0.25) is 0 Å². The van der Waals surface area contributed by atoms with E-state index in [9.17, 15) is 0 Å². The van der Waals surface area contributed by atoms with Crippen LogP contribution in [0, 0.1) is 5.92 Å². The van der Waals surface area contributed by atoms with E-state index < -0.39 is 0 Å². The summed E-state index contributed by atoms with van der Waals surface area (Å²) in [6, 6.07) is 14.7. The van der Waals surface area contributed by atoms with Crippen LogP contribution >= 0.6 is 0 Å². The fourth-order valence-electron chi connectivity index (χ4n) is 2.23. The van der Waals surface area contributed by atoms with Crippen molar-refractivity contribution < 1.29 is 4.42 Å². The molecular formula is C14H14O. The predicted molar refractivity (Wildman–Crippen MR) is 59.7 cm³/mol. The van der Waals surface area contributed by atoms with Crippen molar-refractivity contribution in [1.82, 2.24) is 0 Å². The summed E-state index contributed by atoms with van der Waals surface area (Å²) in [5, 5.41) is 0. The van der Waals surface area contributed by atoms with Gasteiger partial charge in [0.1, 0.15) is 5.76 Å². The highest BCUT2D eigenvalue weighted by Crippen LogP contribution is 2.46. The lowest BCUT2D eigenvalue weighted by Gasteiger charge is -2.13. The monoisotopic (exact) mass is 198 g/mol. The second-order valence-electron chi connectivity index (χ2n) is 4.24. The SMILES string of the molecule is c1ccc(C(c2ccco2)C2CC2)cc1. The molecule has 1 atom stereocenters. The number of hydrogen-bond donors (Lipinski definition) is 0. The molecule has 1 fully saturated rings. The molecule has 0 saturated heterocycles. The third-order valence-electron chi connectivity index (χ3n) is 3.10. The molecule has 0 radical (unpaired) electrons. The Morgan fingerprint density at radius 2 is 1.80 bits per heavy atom. The summed E-state index contributed by atoms with van der Waals surface area (Å²) in [7, 11) is 0. The lowest BCUT2D eigenvalue weighted by atomic mass is 9.92. The summed E-state index contributed by atoms with van der Waals surface area (Å²) in [5.41, 5.74) is 1.38. The standard InChI is InChI=1S/C14H14O/c1-2-5-11(6-3-1)14(12-8-9-12)13-7-4-10-15-13/h1-7,10,12,14H,8-9H2. The molecule has 1 heterocycles. The Kier molecular flexibility index (Phi) is 2.09. The minimum atomic E-state index is 0.473. The average molecular weight is 198 g/mol. The van der Waals surface area contributed by atoms with E-state index in [1.165, 1.54) is 18.4 Å². The molecule has 2 aromatic rings. The number of furan rings is 1. The Hall–Kier alpha value is -1.50. The molecule has 1 aromatic heterocycles. The van der Waals surface area contributed by atoms with E-state index in [4.69, 9.17) is 4.42 Å². The highest BCUT2D eigenvalue weighted by molar-refractivity contribution is 5.29. The van der Waals surface area contributed by atoms with Crippen molar-refractivity contribution in [2.75, 3.05) is 0 Å². The second kappa shape index (κ2) is 3.58. The van der Waals surface area contributed by atoms with Crippen molar-refractivity contribution in [2.24, 2.45) is 5.92 Å². The van der Waals surface area contributed by atoms with Gasteiger partial charge < -0.3 is 4.42 Å². The maximum atomic E-state index is 5.55. The molecule has 1 unspecified atom stereocenters. The zero-order valence-electron chi connectivity index (χ0n) is 8.60. The maximum absolute atomic E-state index is 5.55. The van der Waals surface area contributed by atoms with Crippen molar-refractivity contribution in [3.8, 4) is 0 Å². The van der Waals surface area contributed by atoms with E-state index >= 15 is 0 Å². The van der Waals surface area contributed by atoms with E-state index in [1.54, 1.807) is 6.26 Å². The van der Waals surface area contributed by atoms with Crippen LogP contribution in [0.4, 0.5) is 0 Å². The minimum absolute atomic E-state index is 0.473. The molecule has 3 rings (SSSR count). The lowest BCUT2D eigenvalue weighted by Crippen LogP contribution is -2.01. The Morgan fingerprint density at radius 1 is 1.00 bits per heavy atom. The van der Waals surface area contributed by atoms with E-state index in [2.05, 4.69) is 36.4 Å². The first-order chi connectivity index (χ1) is 7.45. The molecule has 0 N–H and O–H groups in total. The van der Waals surface area contributed by atoms with Crippen LogP contribution in [0.5, 0.6) is 0 Å². The quantitative estimate of drug-likeness (QED) is 0.730. The molecule has 1 heteroatoms. The molecule has 0 spiro atoms. The molecule has 0 amide bonds. The summed E-state index contributed by atoms with van der Waals surface area (Å²) in [6.07, 6.45) is 4.44. The van der Waals surface area contributed by atoms with E-state index in [-0.39, 0.29) is 0 Å². The van der Waals surface area contributed by atoms with Crippen LogP contribution in [0.3, 0.4) is 0 Å². The van der Waals surface area contributed by atoms with Gasteiger partial charge in [0.2, 0.25) is 0 Å². The van der Waals surface area contributed by atoms with Crippen molar-refractivity contribution in [3.05, 3.63) is 60.1 Å². The largest absolute Gasteiger partial charge is 0.469 e. The molecule has 0 aliphatic heterocycles. The highest BCUT2D eigenvalue weighted by atomic mass is 16.3. The zero-order valence-corrected chi connectivity index (χ0v) is 8.60. The molecule has 1 aliphatic carbocycles. The van der Waals surface area contributed by atoms with Gasteiger partial charge in [-0.1, -0.05) is 30.3 Å². The van der Waals surface area contributed by atoms with Crippen molar-refractivity contribution in [3.63, 3.8) is 0 Å². The maximum Gasteiger partial charge on any atom is 0.111 e. The molecular weight excluding hydrogens is 184 g/mol. The Balaban J connectivity index is 1.98. The molecule has 1 nitrogen and oxygen atoms in total. The summed E-state index contributed by atoms with van der Waals surface area (Å²) in [6.45, 7) is 0. The molecule has 1 aliphatic rings. The number of rotatable bonds is 3. The summed E-state index contributed by atoms with van der Waals surface area (Å²) >= 11 is 0. The first-order valence-electron chi connectivity index (χ1n) is 5.53. The zero-order chi connectivity index (χ0) is 10.1. The first-order valence-corrected chi connectivity index (χ1v) is 5.53. The fraction of sp³-hybridized carbons (Fsp3) is 0.286. The molecule has 76 valence electrons. The predicted octanol–water partition coefficient (Wildman–Crippen LogP) is 3.82. The molecule has 15 heavy (non-hydrogen) atoms. The van der Waals surface area contributed by atoms with Gasteiger partial charge in [-0.25, -0.2) is 0 Å². The van der Waals surface area contributed by atoms with Gasteiger partial charge in [0.05, 0.1) is 6.26 Å². The van der Waals surface area contributed by atoms with Gasteiger partial charge in [-0.3, -0.25) is 0 Å². The third kappa shape index (κ3) is 1.70. The van der Waals surface area contributed by atoms with Crippen LogP contribution in [0.1, 0.15) is 30.1 Å². The number of hydrogen-bond acceptors (Lipinski definition) is 1. The Morgan fingerprint density at radius 3 is 2.40 bits per heavy atom. The average Bonchev–Trinajstić information content (AvgIpc) is 2.96. The van der Waals surface area contributed by atoms with E-state index in [0.717, 1.165) is 11.7 Å². The van der Waals surface area contributed by atoms with Gasteiger partial charge in [0.15, 0.2) is 0 Å². The topological polar surface area (TPSA) is 13.1 Å². The Bertz CT molecular complexity index is 412. The van der Waals surface area contributed by atoms with Crippen molar-refractivity contribution in [1.29, 1.82) is 0 Å². The van der Waals surface area contributed by atoms with Crippen molar-refractivity contribution >= 4 is 0 Å². The summed E-state index contributed by atoms with van der Waals surface area (Å²) in [5.74, 6) is 2.38. The smallest absolute Gasteiger partial charge is 0.111 e. The summed E-state index contributed by atoms with van der Waals surface area (Å²) in [4.78, 5) is 0. The van der Waals surface area contributed by atoms with Crippen LogP contribution in [-0.4, -0.2) is 0 Å².